The van der Waals surface area contributed by atoms with Gasteiger partial charge < -0.3 is 14.4 Å². The number of fused-ring (bicyclic) bond motifs is 2. The quantitative estimate of drug-likeness (QED) is 0.464. The third kappa shape index (κ3) is 4.23. The van der Waals surface area contributed by atoms with Crippen LogP contribution in [0.1, 0.15) is 18.4 Å². The summed E-state index contributed by atoms with van der Waals surface area (Å²) < 4.78 is 68.6. The number of nitrogens with zero attached hydrogens (tertiary/aromatic N) is 7. The van der Waals surface area contributed by atoms with E-state index in [0.717, 1.165) is 13.1 Å². The first kappa shape index (κ1) is 25.5. The highest BCUT2D eigenvalue weighted by atomic mass is 32.2. The Morgan fingerprint density at radius 3 is 2.84 bits per heavy atom. The maximum atomic E-state index is 13.6. The van der Waals surface area contributed by atoms with E-state index in [1.165, 1.54) is 10.6 Å². The first-order valence-electron chi connectivity index (χ1n) is 12.0. The van der Waals surface area contributed by atoms with Gasteiger partial charge in [0.05, 0.1) is 55.4 Å². The van der Waals surface area contributed by atoms with Crippen molar-refractivity contribution in [2.45, 2.75) is 35.9 Å². The smallest absolute Gasteiger partial charge is 0.291 e. The summed E-state index contributed by atoms with van der Waals surface area (Å²) in [7, 11) is -4.20. The standard InChI is InChI=1S/C22H24F2N8O4S2/c1-13-22(11-25,12-36-13)29-38(33,34)15-6-16(31-3-2-30-4-5-35-10-14(30)8-31)17-7-26-19(32(17)9-15)21-28-27-20(37-21)18(23)24/h6-7,9,13-14,18,29H,2-5,8,10,12H2,1H3/t13?,14-,22?/m1/s1. The molecule has 0 bridgehead atoms. The molecule has 3 atom stereocenters. The van der Waals surface area contributed by atoms with Crippen LogP contribution in [0.2, 0.25) is 0 Å². The number of aromatic nitrogens is 4. The van der Waals surface area contributed by atoms with Crippen molar-refractivity contribution in [3.8, 4) is 16.9 Å². The van der Waals surface area contributed by atoms with Crippen molar-refractivity contribution in [1.29, 1.82) is 5.26 Å². The van der Waals surface area contributed by atoms with E-state index in [4.69, 9.17) is 9.47 Å². The van der Waals surface area contributed by atoms with Crippen LogP contribution >= 0.6 is 11.3 Å². The number of halogens is 2. The lowest BCUT2D eigenvalue weighted by atomic mass is 9.92. The minimum atomic E-state index is -4.20. The van der Waals surface area contributed by atoms with Crippen LogP contribution < -0.4 is 9.62 Å². The Labute approximate surface area is 220 Å². The summed E-state index contributed by atoms with van der Waals surface area (Å²) in [6, 6.07) is 3.73. The van der Waals surface area contributed by atoms with Crippen LogP contribution in [-0.4, -0.2) is 96.6 Å². The van der Waals surface area contributed by atoms with Crippen molar-refractivity contribution < 1.29 is 26.7 Å². The second kappa shape index (κ2) is 9.43. The number of anilines is 1. The van der Waals surface area contributed by atoms with E-state index in [-0.39, 0.29) is 28.4 Å². The number of nitriles is 1. The Balaban J connectivity index is 1.46. The second-order valence-electron chi connectivity index (χ2n) is 9.50. The fourth-order valence-electron chi connectivity index (χ4n) is 4.96. The first-order chi connectivity index (χ1) is 18.2. The number of morpholine rings is 1. The minimum absolute atomic E-state index is 0.0693. The Hall–Kier alpha value is -2.81. The lowest BCUT2D eigenvalue weighted by molar-refractivity contribution is -0.102. The van der Waals surface area contributed by atoms with Gasteiger partial charge in [-0.05, 0) is 13.0 Å². The molecule has 0 saturated carbocycles. The molecular weight excluding hydrogens is 542 g/mol. The Bertz CT molecular complexity index is 1520. The zero-order chi connectivity index (χ0) is 26.7. The van der Waals surface area contributed by atoms with Gasteiger partial charge in [-0.25, -0.2) is 22.2 Å². The molecule has 3 saturated heterocycles. The van der Waals surface area contributed by atoms with Crippen molar-refractivity contribution in [2.24, 2.45) is 0 Å². The second-order valence-corrected chi connectivity index (χ2v) is 12.2. The van der Waals surface area contributed by atoms with E-state index in [1.807, 2.05) is 6.07 Å². The molecule has 38 heavy (non-hydrogen) atoms. The molecule has 3 aliphatic heterocycles. The molecule has 6 rings (SSSR count). The van der Waals surface area contributed by atoms with Crippen LogP contribution in [0.5, 0.6) is 0 Å². The molecule has 3 aromatic heterocycles. The lowest BCUT2D eigenvalue weighted by Gasteiger charge is -2.44. The van der Waals surface area contributed by atoms with Crippen LogP contribution in [0.4, 0.5) is 14.5 Å². The highest BCUT2D eigenvalue weighted by molar-refractivity contribution is 7.89. The topological polar surface area (TPSA) is 138 Å². The fourth-order valence-corrected chi connectivity index (χ4v) is 7.04. The highest BCUT2D eigenvalue weighted by Crippen LogP contribution is 2.35. The number of alkyl halides is 2. The molecule has 0 aromatic carbocycles. The van der Waals surface area contributed by atoms with Crippen LogP contribution in [0.3, 0.4) is 0 Å². The SMILES string of the molecule is CC1OCC1(C#N)NS(=O)(=O)c1cc(N2CCN3CCOC[C@H]3C2)c2cnc(-c3nnc(C(F)F)s3)n2c1. The Kier molecular flexibility index (Phi) is 6.32. The number of rotatable bonds is 6. The van der Waals surface area contributed by atoms with Gasteiger partial charge in [-0.3, -0.25) is 9.30 Å². The monoisotopic (exact) mass is 566 g/mol. The molecular formula is C22H24F2N8O4S2. The van der Waals surface area contributed by atoms with E-state index in [9.17, 15) is 22.5 Å². The Morgan fingerprint density at radius 2 is 2.16 bits per heavy atom. The molecule has 0 spiro atoms. The lowest BCUT2D eigenvalue weighted by Crippen LogP contribution is -2.66. The summed E-state index contributed by atoms with van der Waals surface area (Å²) in [4.78, 5) is 8.73. The summed E-state index contributed by atoms with van der Waals surface area (Å²) in [6.45, 7) is 5.66. The molecule has 16 heteroatoms. The number of hydrogen-bond acceptors (Lipinski definition) is 11. The number of piperazine rings is 1. The fraction of sp³-hybridized carbons (Fsp3) is 0.545. The average Bonchev–Trinajstić information content (AvgIpc) is 3.57. The van der Waals surface area contributed by atoms with Crippen molar-refractivity contribution >= 4 is 32.6 Å². The van der Waals surface area contributed by atoms with Gasteiger partial charge in [-0.15, -0.1) is 10.2 Å². The molecule has 0 aliphatic carbocycles. The van der Waals surface area contributed by atoms with Gasteiger partial charge in [-0.1, -0.05) is 11.3 Å². The van der Waals surface area contributed by atoms with E-state index in [0.29, 0.717) is 48.8 Å². The van der Waals surface area contributed by atoms with Gasteiger partial charge in [0.2, 0.25) is 10.0 Å². The normalized spacial score (nSPS) is 26.3. The average molecular weight is 567 g/mol. The maximum absolute atomic E-state index is 13.6. The third-order valence-corrected chi connectivity index (χ3v) is 9.68. The van der Waals surface area contributed by atoms with Gasteiger partial charge in [0.25, 0.3) is 6.43 Å². The van der Waals surface area contributed by atoms with Crippen LogP contribution in [0, 0.1) is 11.3 Å². The summed E-state index contributed by atoms with van der Waals surface area (Å²) in [5.74, 6) is 0.192. The van der Waals surface area contributed by atoms with E-state index in [1.54, 1.807) is 19.2 Å². The summed E-state index contributed by atoms with van der Waals surface area (Å²) >= 11 is 0.693. The molecule has 6 heterocycles. The highest BCUT2D eigenvalue weighted by Gasteiger charge is 2.49. The van der Waals surface area contributed by atoms with Gasteiger partial charge >= 0.3 is 0 Å². The largest absolute Gasteiger partial charge is 0.378 e. The van der Waals surface area contributed by atoms with Crippen molar-refractivity contribution in [1.82, 2.24) is 29.2 Å². The van der Waals surface area contributed by atoms with Crippen molar-refractivity contribution in [3.05, 3.63) is 23.5 Å². The van der Waals surface area contributed by atoms with E-state index in [2.05, 4.69) is 29.7 Å². The number of imidazole rings is 1. The summed E-state index contributed by atoms with van der Waals surface area (Å²) in [6.07, 6.45) is -0.475. The number of hydrogen-bond donors (Lipinski definition) is 1. The van der Waals surface area contributed by atoms with Gasteiger partial charge in [0.1, 0.15) is 4.90 Å². The zero-order valence-electron chi connectivity index (χ0n) is 20.2. The molecule has 3 aromatic rings. The van der Waals surface area contributed by atoms with Crippen LogP contribution in [0.25, 0.3) is 16.3 Å². The summed E-state index contributed by atoms with van der Waals surface area (Å²) in [5.41, 5.74) is -0.185. The van der Waals surface area contributed by atoms with E-state index >= 15 is 0 Å². The van der Waals surface area contributed by atoms with Gasteiger partial charge in [-0.2, -0.15) is 9.98 Å². The van der Waals surface area contributed by atoms with Crippen molar-refractivity contribution in [2.75, 3.05) is 50.9 Å². The molecule has 0 amide bonds. The van der Waals surface area contributed by atoms with E-state index < -0.39 is 33.1 Å². The molecule has 1 N–H and O–H groups in total. The molecule has 3 aliphatic rings. The predicted molar refractivity (Wildman–Crippen MR) is 132 cm³/mol. The number of pyridine rings is 1. The van der Waals surface area contributed by atoms with Crippen LogP contribution in [-0.2, 0) is 19.5 Å². The summed E-state index contributed by atoms with van der Waals surface area (Å²) in [5, 5.41) is 16.8. The Morgan fingerprint density at radius 1 is 1.32 bits per heavy atom. The van der Waals surface area contributed by atoms with Crippen LogP contribution in [0.15, 0.2) is 23.4 Å². The van der Waals surface area contributed by atoms with Gasteiger partial charge in [0.15, 0.2) is 21.4 Å². The number of nitrogens with one attached hydrogen (secondary N) is 1. The number of sulfonamides is 1. The zero-order valence-corrected chi connectivity index (χ0v) is 21.9. The molecule has 202 valence electrons. The molecule has 3 fully saturated rings. The number of ether oxygens (including phenoxy) is 2. The van der Waals surface area contributed by atoms with Gasteiger partial charge in [0, 0.05) is 32.4 Å². The molecule has 12 nitrogen and oxygen atoms in total. The molecule has 0 radical (unpaired) electrons. The maximum Gasteiger partial charge on any atom is 0.291 e. The third-order valence-electron chi connectivity index (χ3n) is 7.27. The van der Waals surface area contributed by atoms with Crippen molar-refractivity contribution in [3.63, 3.8) is 0 Å². The minimum Gasteiger partial charge on any atom is -0.378 e. The predicted octanol–water partition coefficient (Wildman–Crippen LogP) is 1.27. The molecule has 2 unspecified atom stereocenters. The first-order valence-corrected chi connectivity index (χ1v) is 14.3.